The molecule has 1 unspecified atom stereocenters. The number of benzene rings is 2. The Morgan fingerprint density at radius 3 is 2.27 bits per heavy atom. The summed E-state index contributed by atoms with van der Waals surface area (Å²) in [6, 6.07) is 12.9. The van der Waals surface area contributed by atoms with Crippen molar-refractivity contribution in [2.75, 3.05) is 18.5 Å². The quantitative estimate of drug-likeness (QED) is 0.186. The molecule has 10 heteroatoms. The van der Waals surface area contributed by atoms with E-state index in [1.54, 1.807) is 48.5 Å². The first-order chi connectivity index (χ1) is 14.3. The van der Waals surface area contributed by atoms with Gasteiger partial charge in [0.05, 0.1) is 22.3 Å². The highest BCUT2D eigenvalue weighted by Crippen LogP contribution is 2.37. The molecular weight excluding hydrogens is 435 g/mol. The summed E-state index contributed by atoms with van der Waals surface area (Å²) in [4.78, 5) is 35.1. The second-order valence-corrected chi connectivity index (χ2v) is 7.08. The lowest BCUT2D eigenvalue weighted by molar-refractivity contribution is -0.480. The summed E-state index contributed by atoms with van der Waals surface area (Å²) < 4.78 is 10.8. The number of esters is 2. The van der Waals surface area contributed by atoms with Crippen LogP contribution in [-0.4, -0.2) is 30.0 Å². The average Bonchev–Trinajstić information content (AvgIpc) is 2.69. The third-order valence-electron chi connectivity index (χ3n) is 4.00. The summed E-state index contributed by atoms with van der Waals surface area (Å²) in [7, 11) is 0. The number of carbonyl (C=O) groups is 2. The molecule has 160 valence electrons. The fraction of sp³-hybridized carbons (Fsp3) is 0.300. The van der Waals surface area contributed by atoms with E-state index in [4.69, 9.17) is 32.7 Å². The van der Waals surface area contributed by atoms with E-state index in [1.165, 1.54) is 0 Å². The largest absolute Gasteiger partial charge is 0.461 e. The van der Waals surface area contributed by atoms with Crippen LogP contribution >= 0.6 is 23.2 Å². The highest BCUT2D eigenvalue weighted by molar-refractivity contribution is 6.39. The van der Waals surface area contributed by atoms with Crippen molar-refractivity contribution in [3.63, 3.8) is 0 Å². The molecule has 0 bridgehead atoms. The van der Waals surface area contributed by atoms with Crippen molar-refractivity contribution >= 4 is 40.8 Å². The molecule has 1 atom stereocenters. The zero-order chi connectivity index (χ0) is 22.1. The number of halogens is 2. The number of hydrogen-bond acceptors (Lipinski definition) is 7. The van der Waals surface area contributed by atoms with Crippen LogP contribution in [0.1, 0.15) is 25.3 Å². The lowest BCUT2D eigenvalue weighted by atomic mass is 10.0. The second kappa shape index (κ2) is 10.8. The van der Waals surface area contributed by atoms with Gasteiger partial charge < -0.3 is 14.8 Å². The molecule has 1 N–H and O–H groups in total. The molecule has 0 aliphatic carbocycles. The van der Waals surface area contributed by atoms with Gasteiger partial charge >= 0.3 is 17.7 Å². The molecule has 0 aliphatic rings. The van der Waals surface area contributed by atoms with Gasteiger partial charge in [-0.05, 0) is 18.6 Å². The molecular formula is C20H20Cl2N2O6. The van der Waals surface area contributed by atoms with Crippen molar-refractivity contribution in [1.82, 2.24) is 0 Å². The maximum absolute atomic E-state index is 13.1. The number of para-hydroxylation sites is 1. The minimum atomic E-state index is -2.06. The molecule has 0 heterocycles. The lowest BCUT2D eigenvalue weighted by Gasteiger charge is -2.33. The van der Waals surface area contributed by atoms with Crippen molar-refractivity contribution < 1.29 is 24.0 Å². The van der Waals surface area contributed by atoms with Gasteiger partial charge in [0.25, 0.3) is 0 Å². The van der Waals surface area contributed by atoms with Crippen LogP contribution in [0, 0.1) is 10.1 Å². The number of anilines is 1. The SMILES string of the molecule is CC(=O)OC(Nc1c(Cl)cccc1Cl)(C(=O)OCCCC[N+](=O)[O-])c1ccccc1. The summed E-state index contributed by atoms with van der Waals surface area (Å²) in [5.41, 5.74) is -1.60. The predicted molar refractivity (Wildman–Crippen MR) is 112 cm³/mol. The van der Waals surface area contributed by atoms with Gasteiger partial charge in [-0.3, -0.25) is 14.9 Å². The topological polar surface area (TPSA) is 108 Å². The molecule has 0 spiro atoms. The zero-order valence-electron chi connectivity index (χ0n) is 16.1. The minimum Gasteiger partial charge on any atom is -0.461 e. The van der Waals surface area contributed by atoms with Crippen LogP contribution in [0.5, 0.6) is 0 Å². The first kappa shape index (κ1) is 23.4. The molecule has 2 rings (SSSR count). The van der Waals surface area contributed by atoms with Crippen molar-refractivity contribution in [2.45, 2.75) is 25.5 Å². The molecule has 0 radical (unpaired) electrons. The van der Waals surface area contributed by atoms with Crippen molar-refractivity contribution in [2.24, 2.45) is 0 Å². The third-order valence-corrected chi connectivity index (χ3v) is 4.63. The maximum Gasteiger partial charge on any atom is 0.377 e. The molecule has 30 heavy (non-hydrogen) atoms. The van der Waals surface area contributed by atoms with E-state index in [9.17, 15) is 19.7 Å². The summed E-state index contributed by atoms with van der Waals surface area (Å²) in [6.07, 6.45) is 0.500. The Labute approximate surface area is 183 Å². The number of ether oxygens (including phenoxy) is 2. The first-order valence-electron chi connectivity index (χ1n) is 9.02. The molecule has 0 aromatic heterocycles. The Kier molecular flexibility index (Phi) is 8.44. The molecule has 0 amide bonds. The van der Waals surface area contributed by atoms with Crippen LogP contribution in [0.3, 0.4) is 0 Å². The molecule has 0 aliphatic heterocycles. The number of hydrogen-bond donors (Lipinski definition) is 1. The third kappa shape index (κ3) is 6.08. The number of nitro groups is 1. The van der Waals surface area contributed by atoms with Gasteiger partial charge in [-0.1, -0.05) is 59.6 Å². The van der Waals surface area contributed by atoms with Gasteiger partial charge in [-0.15, -0.1) is 0 Å². The number of unbranched alkanes of at least 4 members (excludes halogenated alkanes) is 1. The van der Waals surface area contributed by atoms with Crippen molar-refractivity contribution in [3.05, 3.63) is 74.3 Å². The van der Waals surface area contributed by atoms with Crippen LogP contribution in [0.2, 0.25) is 10.0 Å². The van der Waals surface area contributed by atoms with Gasteiger partial charge in [0.1, 0.15) is 0 Å². The Hall–Kier alpha value is -2.84. The Balaban J connectivity index is 2.40. The van der Waals surface area contributed by atoms with Crippen LogP contribution in [0.15, 0.2) is 48.5 Å². The van der Waals surface area contributed by atoms with Gasteiger partial charge in [0, 0.05) is 23.8 Å². The Bertz CT molecular complexity index is 889. The highest BCUT2D eigenvalue weighted by atomic mass is 35.5. The van der Waals surface area contributed by atoms with E-state index in [0.29, 0.717) is 0 Å². The summed E-state index contributed by atoms with van der Waals surface area (Å²) in [5.74, 6) is -1.67. The fourth-order valence-electron chi connectivity index (χ4n) is 2.66. The number of nitrogens with one attached hydrogen (secondary N) is 1. The first-order valence-corrected chi connectivity index (χ1v) is 9.78. The highest BCUT2D eigenvalue weighted by Gasteiger charge is 2.46. The number of carbonyl (C=O) groups excluding carboxylic acids is 2. The molecule has 2 aromatic carbocycles. The van der Waals surface area contributed by atoms with Gasteiger partial charge in [0.15, 0.2) is 0 Å². The summed E-state index contributed by atoms with van der Waals surface area (Å²) >= 11 is 12.5. The van der Waals surface area contributed by atoms with Gasteiger partial charge in [-0.2, -0.15) is 0 Å². The smallest absolute Gasteiger partial charge is 0.377 e. The molecule has 8 nitrogen and oxygen atoms in total. The van der Waals surface area contributed by atoms with Crippen LogP contribution < -0.4 is 5.32 Å². The van der Waals surface area contributed by atoms with E-state index in [1.807, 2.05) is 0 Å². The second-order valence-electron chi connectivity index (χ2n) is 6.26. The van der Waals surface area contributed by atoms with Crippen molar-refractivity contribution in [1.29, 1.82) is 0 Å². The normalized spacial score (nSPS) is 12.5. The van der Waals surface area contributed by atoms with E-state index in [-0.39, 0.29) is 47.3 Å². The molecule has 0 saturated heterocycles. The number of rotatable bonds is 10. The monoisotopic (exact) mass is 454 g/mol. The lowest BCUT2D eigenvalue weighted by Crippen LogP contribution is -2.48. The molecule has 2 aromatic rings. The average molecular weight is 455 g/mol. The van der Waals surface area contributed by atoms with E-state index < -0.39 is 22.6 Å². The fourth-order valence-corrected chi connectivity index (χ4v) is 3.15. The number of nitrogens with zero attached hydrogens (tertiary/aromatic N) is 1. The van der Waals surface area contributed by atoms with E-state index in [0.717, 1.165) is 6.92 Å². The maximum atomic E-state index is 13.1. The zero-order valence-corrected chi connectivity index (χ0v) is 17.6. The van der Waals surface area contributed by atoms with Crippen LogP contribution in [-0.2, 0) is 24.8 Å². The predicted octanol–water partition coefficient (Wildman–Crippen LogP) is 4.42. The van der Waals surface area contributed by atoms with E-state index in [2.05, 4.69) is 5.32 Å². The minimum absolute atomic E-state index is 0.0968. The van der Waals surface area contributed by atoms with Crippen LogP contribution in [0.4, 0.5) is 5.69 Å². The summed E-state index contributed by atoms with van der Waals surface area (Å²) in [6.45, 7) is 0.817. The molecule has 0 saturated carbocycles. The Morgan fingerprint density at radius 2 is 1.70 bits per heavy atom. The molecule has 0 fully saturated rings. The van der Waals surface area contributed by atoms with Gasteiger partial charge in [0.2, 0.25) is 6.54 Å². The van der Waals surface area contributed by atoms with Gasteiger partial charge in [-0.25, -0.2) is 4.79 Å². The standard InChI is InChI=1S/C20H20Cl2N2O6/c1-14(25)30-20(15-8-3-2-4-9-15,19(26)29-13-6-5-12-24(27)28)23-18-16(21)10-7-11-17(18)22/h2-4,7-11,23H,5-6,12-13H2,1H3. The van der Waals surface area contributed by atoms with E-state index >= 15 is 0 Å². The Morgan fingerprint density at radius 1 is 1.07 bits per heavy atom. The van der Waals surface area contributed by atoms with Crippen LogP contribution in [0.25, 0.3) is 0 Å². The van der Waals surface area contributed by atoms with Crippen molar-refractivity contribution in [3.8, 4) is 0 Å². The summed E-state index contributed by atoms with van der Waals surface area (Å²) in [5, 5.41) is 13.7.